The molecule has 0 aliphatic heterocycles. The molecule has 0 aromatic heterocycles. The second kappa shape index (κ2) is 14.8. The van der Waals surface area contributed by atoms with Crippen molar-refractivity contribution in [2.24, 2.45) is 0 Å². The summed E-state index contributed by atoms with van der Waals surface area (Å²) in [6.07, 6.45) is 0. The predicted octanol–water partition coefficient (Wildman–Crippen LogP) is 10.6. The van der Waals surface area contributed by atoms with Crippen molar-refractivity contribution in [3.63, 3.8) is 0 Å². The van der Waals surface area contributed by atoms with Gasteiger partial charge in [0.2, 0.25) is 0 Å². The fraction of sp³-hybridized carbons (Fsp3) is 0. The summed E-state index contributed by atoms with van der Waals surface area (Å²) >= 11 is 40.5. The van der Waals surface area contributed by atoms with E-state index in [4.69, 9.17) is 81.2 Å². The Bertz CT molecular complexity index is 1570. The Kier molecular flexibility index (Phi) is 11.7. The fourth-order valence-electron chi connectivity index (χ4n) is 3.05. The maximum absolute atomic E-state index is 11.9. The van der Waals surface area contributed by atoms with Crippen LogP contribution >= 0.6 is 81.2 Å². The molecule has 0 heterocycles. The second-order valence-electron chi connectivity index (χ2n) is 7.89. The largest absolute Gasteiger partial charge is 0.504 e. The number of urea groups is 2. The molecule has 15 heteroatoms. The number of carbonyl (C=O) groups is 2. The number of aromatic hydroxyl groups is 2. The number of phenolic OH excluding ortho intramolecular Hbond substituents is 2. The smallest absolute Gasteiger partial charge is 0.323 e. The van der Waals surface area contributed by atoms with E-state index in [0.717, 1.165) is 0 Å². The monoisotopic (exact) mass is 694 g/mol. The van der Waals surface area contributed by atoms with Crippen LogP contribution in [0.25, 0.3) is 0 Å². The average molecular weight is 698 g/mol. The molecule has 0 saturated carbocycles. The van der Waals surface area contributed by atoms with E-state index >= 15 is 0 Å². The van der Waals surface area contributed by atoms with Crippen molar-refractivity contribution < 1.29 is 19.8 Å². The zero-order valence-electron chi connectivity index (χ0n) is 20.2. The molecule has 4 amide bonds. The number of carbonyl (C=O) groups excluding carboxylic acids is 2. The molecular formula is C26H17Cl7N4O4. The maximum Gasteiger partial charge on any atom is 0.323 e. The van der Waals surface area contributed by atoms with Crippen LogP contribution in [0.3, 0.4) is 0 Å². The number of phenols is 2. The summed E-state index contributed by atoms with van der Waals surface area (Å²) in [6, 6.07) is 15.5. The van der Waals surface area contributed by atoms with Gasteiger partial charge in [-0.25, -0.2) is 9.59 Å². The lowest BCUT2D eigenvalue weighted by atomic mass is 10.3. The molecule has 0 spiro atoms. The Hall–Kier alpha value is -2.95. The molecule has 8 nitrogen and oxygen atoms in total. The minimum absolute atomic E-state index is 0.0311. The molecule has 0 bridgehead atoms. The quantitative estimate of drug-likeness (QED) is 0.119. The Balaban J connectivity index is 0.000000226. The first-order valence-electron chi connectivity index (χ1n) is 11.0. The van der Waals surface area contributed by atoms with E-state index in [9.17, 15) is 19.8 Å². The highest BCUT2D eigenvalue weighted by atomic mass is 35.5. The van der Waals surface area contributed by atoms with E-state index in [-0.39, 0.29) is 37.9 Å². The van der Waals surface area contributed by atoms with Crippen LogP contribution in [0.2, 0.25) is 35.2 Å². The van der Waals surface area contributed by atoms with Crippen molar-refractivity contribution in [1.82, 2.24) is 0 Å². The number of nitrogens with one attached hydrogen (secondary N) is 4. The number of amides is 4. The third-order valence-electron chi connectivity index (χ3n) is 4.78. The topological polar surface area (TPSA) is 123 Å². The molecule has 0 radical (unpaired) electrons. The van der Waals surface area contributed by atoms with Crippen LogP contribution in [-0.2, 0) is 0 Å². The summed E-state index contributed by atoms with van der Waals surface area (Å²) in [5.41, 5.74) is 1.16. The van der Waals surface area contributed by atoms with Crippen LogP contribution in [-0.4, -0.2) is 22.3 Å². The normalized spacial score (nSPS) is 10.2. The molecule has 4 aromatic rings. The minimum atomic E-state index is -0.609. The van der Waals surface area contributed by atoms with E-state index in [1.54, 1.807) is 24.3 Å². The Morgan fingerprint density at radius 2 is 0.854 bits per heavy atom. The number of halogens is 7. The van der Waals surface area contributed by atoms with Gasteiger partial charge in [0.1, 0.15) is 0 Å². The summed E-state index contributed by atoms with van der Waals surface area (Å²) in [5, 5.41) is 31.4. The fourth-order valence-corrected chi connectivity index (χ4v) is 4.69. The zero-order valence-corrected chi connectivity index (χ0v) is 25.5. The highest BCUT2D eigenvalue weighted by molar-refractivity contribution is 6.37. The highest BCUT2D eigenvalue weighted by Gasteiger charge is 2.13. The van der Waals surface area contributed by atoms with Crippen molar-refractivity contribution in [2.45, 2.75) is 0 Å². The van der Waals surface area contributed by atoms with Gasteiger partial charge in [0.25, 0.3) is 0 Å². The number of hydrogen-bond acceptors (Lipinski definition) is 4. The van der Waals surface area contributed by atoms with E-state index in [1.807, 2.05) is 0 Å². The van der Waals surface area contributed by atoms with Crippen molar-refractivity contribution in [3.05, 3.63) is 102 Å². The molecule has 214 valence electrons. The minimum Gasteiger partial charge on any atom is -0.504 e. The van der Waals surface area contributed by atoms with Gasteiger partial charge >= 0.3 is 12.1 Å². The number of anilines is 4. The molecule has 0 fully saturated rings. The molecule has 0 saturated heterocycles. The van der Waals surface area contributed by atoms with Gasteiger partial charge in [-0.05, 0) is 66.7 Å². The van der Waals surface area contributed by atoms with Crippen molar-refractivity contribution in [3.8, 4) is 11.5 Å². The van der Waals surface area contributed by atoms with Crippen LogP contribution < -0.4 is 21.3 Å². The van der Waals surface area contributed by atoms with Gasteiger partial charge in [-0.1, -0.05) is 81.2 Å². The Morgan fingerprint density at radius 3 is 1.29 bits per heavy atom. The van der Waals surface area contributed by atoms with Gasteiger partial charge in [0.15, 0.2) is 11.5 Å². The first-order valence-corrected chi connectivity index (χ1v) is 13.7. The standard InChI is InChI=1S/C13H8Cl4N2O2.C13H9Cl3N2O2/c14-6-1-7(15)3-9(2-6)18-13(21)19-11-5-8(16)4-10(17)12(11)20;14-7-1-3-9(4-2-7)17-13(20)18-11-6-8(15)5-10(16)12(11)19/h1-5,20H,(H2,18,19,21);1-6,19H,(H2,17,18,20). The molecule has 0 aliphatic rings. The zero-order chi connectivity index (χ0) is 30.3. The number of benzene rings is 4. The van der Waals surface area contributed by atoms with E-state index in [1.165, 1.54) is 42.5 Å². The summed E-state index contributed by atoms with van der Waals surface area (Å²) in [6.45, 7) is 0. The molecule has 0 atom stereocenters. The van der Waals surface area contributed by atoms with Gasteiger partial charge in [-0.15, -0.1) is 0 Å². The Labute approximate surface area is 269 Å². The van der Waals surface area contributed by atoms with Crippen LogP contribution in [0.4, 0.5) is 32.3 Å². The van der Waals surface area contributed by atoms with E-state index in [2.05, 4.69) is 21.3 Å². The van der Waals surface area contributed by atoms with Gasteiger partial charge in [-0.3, -0.25) is 0 Å². The summed E-state index contributed by atoms with van der Waals surface area (Å²) in [4.78, 5) is 23.7. The van der Waals surface area contributed by atoms with Crippen LogP contribution in [0, 0.1) is 0 Å². The van der Waals surface area contributed by atoms with Crippen LogP contribution in [0.15, 0.2) is 66.7 Å². The summed E-state index contributed by atoms with van der Waals surface area (Å²) in [5.74, 6) is -0.525. The molecule has 4 rings (SSSR count). The van der Waals surface area contributed by atoms with Crippen molar-refractivity contribution >= 4 is 116 Å². The first kappa shape index (κ1) is 32.6. The van der Waals surface area contributed by atoms with Gasteiger partial charge in [-0.2, -0.15) is 0 Å². The molecule has 0 unspecified atom stereocenters. The number of hydrogen-bond donors (Lipinski definition) is 6. The van der Waals surface area contributed by atoms with Gasteiger partial charge in [0, 0.05) is 36.5 Å². The van der Waals surface area contributed by atoms with Gasteiger partial charge in [0.05, 0.1) is 21.4 Å². The molecule has 4 aromatic carbocycles. The summed E-state index contributed by atoms with van der Waals surface area (Å²) < 4.78 is 0. The maximum atomic E-state index is 11.9. The summed E-state index contributed by atoms with van der Waals surface area (Å²) in [7, 11) is 0. The SMILES string of the molecule is O=C(Nc1cc(Cl)cc(Cl)c1)Nc1cc(Cl)cc(Cl)c1O.O=C(Nc1ccc(Cl)cc1)Nc1cc(Cl)cc(Cl)c1O. The lowest BCUT2D eigenvalue weighted by Crippen LogP contribution is -2.19. The lowest BCUT2D eigenvalue weighted by Gasteiger charge is -2.11. The number of rotatable bonds is 4. The Morgan fingerprint density at radius 1 is 0.463 bits per heavy atom. The third-order valence-corrected chi connectivity index (χ3v) is 6.48. The average Bonchev–Trinajstić information content (AvgIpc) is 2.86. The van der Waals surface area contributed by atoms with Gasteiger partial charge < -0.3 is 31.5 Å². The highest BCUT2D eigenvalue weighted by Crippen LogP contribution is 2.36. The van der Waals surface area contributed by atoms with E-state index in [0.29, 0.717) is 31.5 Å². The molecular weight excluding hydrogens is 680 g/mol. The van der Waals surface area contributed by atoms with Crippen molar-refractivity contribution in [2.75, 3.05) is 21.3 Å². The van der Waals surface area contributed by atoms with Crippen LogP contribution in [0.5, 0.6) is 11.5 Å². The molecule has 6 N–H and O–H groups in total. The molecule has 41 heavy (non-hydrogen) atoms. The first-order chi connectivity index (χ1) is 19.3. The lowest BCUT2D eigenvalue weighted by molar-refractivity contribution is 0.261. The molecule has 0 aliphatic carbocycles. The second-order valence-corrected chi connectivity index (χ2v) is 10.9. The third kappa shape index (κ3) is 10.1. The predicted molar refractivity (Wildman–Crippen MR) is 169 cm³/mol. The van der Waals surface area contributed by atoms with E-state index < -0.39 is 12.1 Å². The van der Waals surface area contributed by atoms with Crippen LogP contribution in [0.1, 0.15) is 0 Å². The van der Waals surface area contributed by atoms with Crippen molar-refractivity contribution in [1.29, 1.82) is 0 Å².